The highest BCUT2D eigenvalue weighted by Gasteiger charge is 2.18. The highest BCUT2D eigenvalue weighted by Crippen LogP contribution is 2.22. The largest absolute Gasteiger partial charge is 0.480 e. The van der Waals surface area contributed by atoms with Crippen LogP contribution in [0.4, 0.5) is 0 Å². The van der Waals surface area contributed by atoms with E-state index in [-0.39, 0.29) is 0 Å². The Morgan fingerprint density at radius 1 is 1.26 bits per heavy atom. The number of thioether (sulfide) groups is 1. The number of rotatable bonds is 6. The van der Waals surface area contributed by atoms with Crippen molar-refractivity contribution in [3.8, 4) is 0 Å². The fraction of sp³-hybridized carbons (Fsp3) is 0.278. The van der Waals surface area contributed by atoms with E-state index in [1.54, 1.807) is 16.6 Å². The normalized spacial score (nSPS) is 12.1. The lowest BCUT2D eigenvalue weighted by molar-refractivity contribution is -0.138. The quantitative estimate of drug-likeness (QED) is 0.626. The van der Waals surface area contributed by atoms with E-state index in [9.17, 15) is 9.59 Å². The number of carboxylic acids is 1. The molecule has 140 valence electrons. The summed E-state index contributed by atoms with van der Waals surface area (Å²) >= 11 is 1.39. The van der Waals surface area contributed by atoms with Gasteiger partial charge in [-0.05, 0) is 38.5 Å². The van der Waals surface area contributed by atoms with Gasteiger partial charge in [0.15, 0.2) is 0 Å². The zero-order valence-corrected chi connectivity index (χ0v) is 15.9. The Hall–Kier alpha value is -2.94. The molecule has 0 saturated carbocycles. The molecule has 0 radical (unpaired) electrons. The molecule has 2 heterocycles. The zero-order valence-electron chi connectivity index (χ0n) is 15.1. The minimum absolute atomic E-state index is 0.419. The smallest absolute Gasteiger partial charge is 0.325 e. The van der Waals surface area contributed by atoms with Crippen LogP contribution in [0.15, 0.2) is 35.5 Å². The molecule has 0 spiro atoms. The van der Waals surface area contributed by atoms with Crippen LogP contribution in [0, 0.1) is 13.8 Å². The van der Waals surface area contributed by atoms with Crippen LogP contribution in [0.2, 0.25) is 0 Å². The standard InChI is InChI=1S/C18H19N5O3S/c1-10-8-11(2)23-17(19-10)21-18(22-23)27-9-13-6-4-5-7-14(13)15(24)20-12(3)16(25)26/h4-8,12H,9H2,1-3H3,(H,20,24)(H,25,26)/t12-/m1/s1. The fourth-order valence-electron chi connectivity index (χ4n) is 2.56. The van der Waals surface area contributed by atoms with Crippen molar-refractivity contribution in [1.29, 1.82) is 0 Å². The number of carbonyl (C=O) groups is 2. The summed E-state index contributed by atoms with van der Waals surface area (Å²) in [6.07, 6.45) is 0. The minimum Gasteiger partial charge on any atom is -0.480 e. The topological polar surface area (TPSA) is 109 Å². The Balaban J connectivity index is 1.78. The van der Waals surface area contributed by atoms with Crippen LogP contribution < -0.4 is 5.32 Å². The monoisotopic (exact) mass is 385 g/mol. The van der Waals surface area contributed by atoms with Gasteiger partial charge in [0, 0.05) is 22.7 Å². The molecular formula is C18H19N5O3S. The van der Waals surface area contributed by atoms with E-state index in [2.05, 4.69) is 20.4 Å². The summed E-state index contributed by atoms with van der Waals surface area (Å²) < 4.78 is 1.68. The molecule has 27 heavy (non-hydrogen) atoms. The third-order valence-electron chi connectivity index (χ3n) is 3.94. The summed E-state index contributed by atoms with van der Waals surface area (Å²) in [4.78, 5) is 32.1. The molecule has 1 atom stereocenters. The number of aliphatic carboxylic acids is 1. The summed E-state index contributed by atoms with van der Waals surface area (Å²) in [6, 6.07) is 8.05. The van der Waals surface area contributed by atoms with Crippen LogP contribution in [0.3, 0.4) is 0 Å². The second-order valence-corrected chi connectivity index (χ2v) is 7.07. The number of fused-ring (bicyclic) bond motifs is 1. The molecule has 0 saturated heterocycles. The van der Waals surface area contributed by atoms with Crippen molar-refractivity contribution in [1.82, 2.24) is 24.9 Å². The van der Waals surface area contributed by atoms with Crippen molar-refractivity contribution in [3.05, 3.63) is 52.8 Å². The number of nitrogens with one attached hydrogen (secondary N) is 1. The summed E-state index contributed by atoms with van der Waals surface area (Å²) in [5.41, 5.74) is 3.03. The molecule has 0 fully saturated rings. The molecule has 2 N–H and O–H groups in total. The van der Waals surface area contributed by atoms with Gasteiger partial charge in [-0.2, -0.15) is 4.98 Å². The highest BCUT2D eigenvalue weighted by atomic mass is 32.2. The first kappa shape index (κ1) is 18.8. The molecule has 3 rings (SSSR count). The van der Waals surface area contributed by atoms with Gasteiger partial charge >= 0.3 is 5.97 Å². The zero-order chi connectivity index (χ0) is 19.6. The van der Waals surface area contributed by atoms with Crippen molar-refractivity contribution in [2.45, 2.75) is 37.7 Å². The van der Waals surface area contributed by atoms with Crippen molar-refractivity contribution in [2.24, 2.45) is 0 Å². The van der Waals surface area contributed by atoms with E-state index < -0.39 is 17.9 Å². The Morgan fingerprint density at radius 2 is 2.00 bits per heavy atom. The minimum atomic E-state index is -1.08. The molecule has 0 aliphatic carbocycles. The maximum atomic E-state index is 12.4. The van der Waals surface area contributed by atoms with E-state index in [4.69, 9.17) is 5.11 Å². The molecule has 2 aromatic heterocycles. The van der Waals surface area contributed by atoms with Gasteiger partial charge in [0.25, 0.3) is 11.7 Å². The molecule has 0 aliphatic rings. The predicted octanol–water partition coefficient (Wildman–Crippen LogP) is 2.24. The molecule has 8 nitrogen and oxygen atoms in total. The lowest BCUT2D eigenvalue weighted by atomic mass is 10.1. The average Bonchev–Trinajstić information content (AvgIpc) is 3.03. The number of carboxylic acid groups (broad SMARTS) is 1. The second kappa shape index (κ2) is 7.75. The fourth-order valence-corrected chi connectivity index (χ4v) is 3.38. The SMILES string of the molecule is Cc1cc(C)n2nc(SCc3ccccc3C(=O)N[C@H](C)C(=O)O)nc2n1. The van der Waals surface area contributed by atoms with Gasteiger partial charge in [-0.3, -0.25) is 9.59 Å². The van der Waals surface area contributed by atoms with Crippen LogP contribution in [0.5, 0.6) is 0 Å². The Bertz CT molecular complexity index is 1020. The maximum absolute atomic E-state index is 12.4. The Morgan fingerprint density at radius 3 is 2.74 bits per heavy atom. The van der Waals surface area contributed by atoms with E-state index in [1.807, 2.05) is 32.0 Å². The van der Waals surface area contributed by atoms with E-state index in [1.165, 1.54) is 18.7 Å². The molecular weight excluding hydrogens is 366 g/mol. The van der Waals surface area contributed by atoms with Crippen molar-refractivity contribution in [3.63, 3.8) is 0 Å². The first-order valence-electron chi connectivity index (χ1n) is 8.30. The van der Waals surface area contributed by atoms with Crippen molar-refractivity contribution >= 4 is 29.4 Å². The highest BCUT2D eigenvalue weighted by molar-refractivity contribution is 7.98. The summed E-state index contributed by atoms with van der Waals surface area (Å²) in [6.45, 7) is 5.27. The second-order valence-electron chi connectivity index (χ2n) is 6.12. The predicted molar refractivity (Wildman–Crippen MR) is 101 cm³/mol. The van der Waals surface area contributed by atoms with Crippen molar-refractivity contribution < 1.29 is 14.7 Å². The van der Waals surface area contributed by atoms with Gasteiger partial charge in [-0.25, -0.2) is 9.50 Å². The molecule has 1 amide bonds. The van der Waals surface area contributed by atoms with E-state index in [0.717, 1.165) is 17.0 Å². The summed E-state index contributed by atoms with van der Waals surface area (Å²) in [5.74, 6) is -0.490. The van der Waals surface area contributed by atoms with E-state index in [0.29, 0.717) is 22.3 Å². The third-order valence-corrected chi connectivity index (χ3v) is 4.82. The molecule has 3 aromatic rings. The number of carbonyl (C=O) groups excluding carboxylic acids is 1. The van der Waals surface area contributed by atoms with E-state index >= 15 is 0 Å². The molecule has 0 aliphatic heterocycles. The first-order valence-corrected chi connectivity index (χ1v) is 9.29. The number of amides is 1. The number of aromatic nitrogens is 4. The van der Waals surface area contributed by atoms with Gasteiger partial charge in [0.05, 0.1) is 0 Å². The summed E-state index contributed by atoms with van der Waals surface area (Å²) in [7, 11) is 0. The number of aryl methyl sites for hydroxylation is 2. The van der Waals surface area contributed by atoms with Gasteiger partial charge in [-0.15, -0.1) is 5.10 Å². The van der Waals surface area contributed by atoms with Crippen LogP contribution in [0.1, 0.15) is 34.2 Å². The maximum Gasteiger partial charge on any atom is 0.325 e. The van der Waals surface area contributed by atoms with Crippen molar-refractivity contribution in [2.75, 3.05) is 0 Å². The number of nitrogens with zero attached hydrogens (tertiary/aromatic N) is 4. The Kier molecular flexibility index (Phi) is 5.41. The third kappa shape index (κ3) is 4.25. The summed E-state index contributed by atoms with van der Waals surface area (Å²) in [5, 5.41) is 16.4. The van der Waals surface area contributed by atoms with Crippen LogP contribution >= 0.6 is 11.8 Å². The molecule has 0 unspecified atom stereocenters. The van der Waals surface area contributed by atoms with Crippen LogP contribution in [0.25, 0.3) is 5.78 Å². The molecule has 1 aromatic carbocycles. The van der Waals surface area contributed by atoms with Gasteiger partial charge < -0.3 is 10.4 Å². The molecule has 0 bridgehead atoms. The number of benzene rings is 1. The molecule has 9 heteroatoms. The van der Waals surface area contributed by atoms with Gasteiger partial charge in [-0.1, -0.05) is 30.0 Å². The lowest BCUT2D eigenvalue weighted by Gasteiger charge is -2.12. The van der Waals surface area contributed by atoms with Gasteiger partial charge in [0.1, 0.15) is 6.04 Å². The lowest BCUT2D eigenvalue weighted by Crippen LogP contribution is -2.38. The number of hydrogen-bond donors (Lipinski definition) is 2. The Labute approximate surface area is 160 Å². The average molecular weight is 385 g/mol. The number of hydrogen-bond acceptors (Lipinski definition) is 6. The van der Waals surface area contributed by atoms with Gasteiger partial charge in [0.2, 0.25) is 5.16 Å². The first-order chi connectivity index (χ1) is 12.8. The van der Waals surface area contributed by atoms with Crippen LogP contribution in [-0.4, -0.2) is 42.6 Å². The van der Waals surface area contributed by atoms with Crippen LogP contribution in [-0.2, 0) is 10.5 Å².